The highest BCUT2D eigenvalue weighted by Gasteiger charge is 2.23. The molecule has 0 fully saturated rings. The number of amides is 1. The SMILES string of the molecule is CCN(CC)S(=O)(=O)c1cc(C)c(C)c(NC(=O)c2ccc(SC)cc2)c1. The van der Waals surface area contributed by atoms with Crippen LogP contribution in [-0.4, -0.2) is 38.0 Å². The van der Waals surface area contributed by atoms with Gasteiger partial charge in [0.2, 0.25) is 10.0 Å². The van der Waals surface area contributed by atoms with Gasteiger partial charge in [0.1, 0.15) is 0 Å². The van der Waals surface area contributed by atoms with Crippen molar-refractivity contribution in [2.75, 3.05) is 24.7 Å². The predicted octanol–water partition coefficient (Wildman–Crippen LogP) is 4.31. The molecule has 0 saturated heterocycles. The minimum atomic E-state index is -3.59. The van der Waals surface area contributed by atoms with Gasteiger partial charge in [-0.05, 0) is 67.6 Å². The van der Waals surface area contributed by atoms with Crippen molar-refractivity contribution in [1.82, 2.24) is 4.31 Å². The average molecular weight is 407 g/mol. The van der Waals surface area contributed by atoms with E-state index in [0.29, 0.717) is 24.3 Å². The van der Waals surface area contributed by atoms with E-state index in [4.69, 9.17) is 0 Å². The summed E-state index contributed by atoms with van der Waals surface area (Å²) in [6.45, 7) is 8.13. The van der Waals surface area contributed by atoms with E-state index in [-0.39, 0.29) is 10.8 Å². The molecule has 146 valence electrons. The topological polar surface area (TPSA) is 66.5 Å². The normalized spacial score (nSPS) is 11.6. The first kappa shape index (κ1) is 21.5. The Morgan fingerprint density at radius 1 is 1.07 bits per heavy atom. The molecule has 0 aliphatic rings. The molecule has 0 bridgehead atoms. The van der Waals surface area contributed by atoms with Gasteiger partial charge in [0, 0.05) is 29.2 Å². The van der Waals surface area contributed by atoms with E-state index in [0.717, 1.165) is 16.0 Å². The molecule has 27 heavy (non-hydrogen) atoms. The van der Waals surface area contributed by atoms with Crippen LogP contribution in [0.4, 0.5) is 5.69 Å². The molecule has 5 nitrogen and oxygen atoms in total. The number of carbonyl (C=O) groups is 1. The molecule has 2 aromatic rings. The van der Waals surface area contributed by atoms with Crippen LogP contribution in [0.15, 0.2) is 46.2 Å². The first-order chi connectivity index (χ1) is 12.7. The Labute approximate surface area is 166 Å². The second-order valence-electron chi connectivity index (χ2n) is 6.18. The van der Waals surface area contributed by atoms with Crippen molar-refractivity contribution >= 4 is 33.4 Å². The van der Waals surface area contributed by atoms with Crippen LogP contribution in [0.5, 0.6) is 0 Å². The zero-order valence-electron chi connectivity index (χ0n) is 16.4. The Bertz CT molecular complexity index is 919. The van der Waals surface area contributed by atoms with Crippen molar-refractivity contribution in [2.45, 2.75) is 37.5 Å². The van der Waals surface area contributed by atoms with Crippen LogP contribution in [0.1, 0.15) is 35.3 Å². The zero-order chi connectivity index (χ0) is 20.2. The number of nitrogens with zero attached hydrogens (tertiary/aromatic N) is 1. The number of anilines is 1. The van der Waals surface area contributed by atoms with Gasteiger partial charge >= 0.3 is 0 Å². The first-order valence-corrected chi connectivity index (χ1v) is 11.5. The lowest BCUT2D eigenvalue weighted by molar-refractivity contribution is 0.102. The number of hydrogen-bond donors (Lipinski definition) is 1. The molecular formula is C20H26N2O3S2. The fourth-order valence-corrected chi connectivity index (χ4v) is 4.73. The highest BCUT2D eigenvalue weighted by molar-refractivity contribution is 7.98. The van der Waals surface area contributed by atoms with E-state index >= 15 is 0 Å². The number of aryl methyl sites for hydroxylation is 1. The molecule has 0 spiro atoms. The van der Waals surface area contributed by atoms with Gasteiger partial charge in [0.25, 0.3) is 5.91 Å². The molecule has 2 aromatic carbocycles. The number of sulfonamides is 1. The first-order valence-electron chi connectivity index (χ1n) is 8.81. The summed E-state index contributed by atoms with van der Waals surface area (Å²) in [7, 11) is -3.59. The monoisotopic (exact) mass is 406 g/mol. The molecular weight excluding hydrogens is 380 g/mol. The lowest BCUT2D eigenvalue weighted by Crippen LogP contribution is -2.30. The van der Waals surface area contributed by atoms with E-state index in [1.54, 1.807) is 36.0 Å². The van der Waals surface area contributed by atoms with Gasteiger partial charge in [-0.3, -0.25) is 4.79 Å². The number of hydrogen-bond acceptors (Lipinski definition) is 4. The van der Waals surface area contributed by atoms with Crippen molar-refractivity contribution < 1.29 is 13.2 Å². The molecule has 2 rings (SSSR count). The fourth-order valence-electron chi connectivity index (χ4n) is 2.75. The molecule has 0 aliphatic heterocycles. The number of rotatable bonds is 7. The average Bonchev–Trinajstić information content (AvgIpc) is 2.65. The van der Waals surface area contributed by atoms with Crippen LogP contribution in [0.2, 0.25) is 0 Å². The van der Waals surface area contributed by atoms with Crippen LogP contribution >= 0.6 is 11.8 Å². The molecule has 0 aromatic heterocycles. The van der Waals surface area contributed by atoms with Gasteiger partial charge < -0.3 is 5.32 Å². The van der Waals surface area contributed by atoms with Gasteiger partial charge in [-0.25, -0.2) is 8.42 Å². The predicted molar refractivity (Wildman–Crippen MR) is 112 cm³/mol. The summed E-state index contributed by atoms with van der Waals surface area (Å²) in [5, 5.41) is 2.86. The zero-order valence-corrected chi connectivity index (χ0v) is 18.0. The summed E-state index contributed by atoms with van der Waals surface area (Å²) in [5.74, 6) is -0.262. The third-order valence-corrected chi connectivity index (χ3v) is 7.36. The molecule has 0 radical (unpaired) electrons. The number of benzene rings is 2. The summed E-state index contributed by atoms with van der Waals surface area (Å²) in [5.41, 5.74) is 2.71. The largest absolute Gasteiger partial charge is 0.322 e. The second-order valence-corrected chi connectivity index (χ2v) is 9.00. The van der Waals surface area contributed by atoms with E-state index < -0.39 is 10.0 Å². The smallest absolute Gasteiger partial charge is 0.255 e. The van der Waals surface area contributed by atoms with Gasteiger partial charge in [-0.15, -0.1) is 11.8 Å². The van der Waals surface area contributed by atoms with Crippen molar-refractivity contribution in [3.8, 4) is 0 Å². The van der Waals surface area contributed by atoms with E-state index in [1.165, 1.54) is 4.31 Å². The maximum atomic E-state index is 12.8. The Morgan fingerprint density at radius 2 is 1.67 bits per heavy atom. The summed E-state index contributed by atoms with van der Waals surface area (Å²) in [4.78, 5) is 13.9. The minimum absolute atomic E-state index is 0.197. The Kier molecular flexibility index (Phi) is 7.08. The van der Waals surface area contributed by atoms with Crippen molar-refractivity contribution in [3.05, 3.63) is 53.1 Å². The third kappa shape index (κ3) is 4.72. The Hall–Kier alpha value is -1.83. The van der Waals surface area contributed by atoms with Crippen molar-refractivity contribution in [2.24, 2.45) is 0 Å². The summed E-state index contributed by atoms with van der Waals surface area (Å²) >= 11 is 1.61. The Balaban J connectivity index is 2.39. The van der Waals surface area contributed by atoms with E-state index in [1.807, 2.05) is 46.1 Å². The molecule has 1 amide bonds. The summed E-state index contributed by atoms with van der Waals surface area (Å²) in [6.07, 6.45) is 1.98. The van der Waals surface area contributed by atoms with Crippen LogP contribution in [0.25, 0.3) is 0 Å². The van der Waals surface area contributed by atoms with Crippen molar-refractivity contribution in [1.29, 1.82) is 0 Å². The van der Waals surface area contributed by atoms with Gasteiger partial charge in [-0.2, -0.15) is 4.31 Å². The maximum absolute atomic E-state index is 12.8. The van der Waals surface area contributed by atoms with E-state index in [9.17, 15) is 13.2 Å². The fraction of sp³-hybridized carbons (Fsp3) is 0.350. The molecule has 1 N–H and O–H groups in total. The highest BCUT2D eigenvalue weighted by atomic mass is 32.2. The lowest BCUT2D eigenvalue weighted by Gasteiger charge is -2.20. The molecule has 7 heteroatoms. The number of carbonyl (C=O) groups excluding carboxylic acids is 1. The third-order valence-electron chi connectivity index (χ3n) is 4.58. The van der Waals surface area contributed by atoms with Crippen LogP contribution in [0.3, 0.4) is 0 Å². The lowest BCUT2D eigenvalue weighted by atomic mass is 10.1. The van der Waals surface area contributed by atoms with E-state index in [2.05, 4.69) is 5.32 Å². The molecule has 0 atom stereocenters. The van der Waals surface area contributed by atoms with Crippen LogP contribution < -0.4 is 5.32 Å². The molecule has 0 aliphatic carbocycles. The molecule has 0 unspecified atom stereocenters. The van der Waals surface area contributed by atoms with Crippen molar-refractivity contribution in [3.63, 3.8) is 0 Å². The van der Waals surface area contributed by atoms with Gasteiger partial charge in [-0.1, -0.05) is 13.8 Å². The standard InChI is InChI=1S/C20H26N2O3S2/c1-6-22(7-2)27(24,25)18-12-14(3)15(4)19(13-18)21-20(23)16-8-10-17(26-5)11-9-16/h8-13H,6-7H2,1-5H3,(H,21,23). The quantitative estimate of drug-likeness (QED) is 0.696. The van der Waals surface area contributed by atoms with Gasteiger partial charge in [0.05, 0.1) is 4.90 Å². The van der Waals surface area contributed by atoms with Crippen LogP contribution in [0, 0.1) is 13.8 Å². The minimum Gasteiger partial charge on any atom is -0.322 e. The second kappa shape index (κ2) is 8.91. The number of nitrogens with one attached hydrogen (secondary N) is 1. The van der Waals surface area contributed by atoms with Crippen LogP contribution in [-0.2, 0) is 10.0 Å². The molecule has 0 saturated carbocycles. The molecule has 0 heterocycles. The Morgan fingerprint density at radius 3 is 2.19 bits per heavy atom. The summed E-state index contributed by atoms with van der Waals surface area (Å²) in [6, 6.07) is 10.5. The summed E-state index contributed by atoms with van der Waals surface area (Å²) < 4.78 is 27.1. The number of thioether (sulfide) groups is 1. The maximum Gasteiger partial charge on any atom is 0.255 e. The highest BCUT2D eigenvalue weighted by Crippen LogP contribution is 2.27. The van der Waals surface area contributed by atoms with Gasteiger partial charge in [0.15, 0.2) is 0 Å².